The molecule has 0 spiro atoms. The summed E-state index contributed by atoms with van der Waals surface area (Å²) < 4.78 is 4.76. The molecule has 0 bridgehead atoms. The van der Waals surface area contributed by atoms with Crippen LogP contribution in [0.5, 0.6) is 0 Å². The van der Waals surface area contributed by atoms with Crippen molar-refractivity contribution in [2.45, 2.75) is 97.1 Å². The molecule has 6 heteroatoms. The lowest BCUT2D eigenvalue weighted by Gasteiger charge is -2.68. The molecule has 0 saturated heterocycles. The maximum atomic E-state index is 11.5. The van der Waals surface area contributed by atoms with Gasteiger partial charge >= 0.3 is 5.97 Å². The maximum Gasteiger partial charge on any atom is 0.333 e. The van der Waals surface area contributed by atoms with Gasteiger partial charge in [-0.1, -0.05) is 34.1 Å². The van der Waals surface area contributed by atoms with E-state index < -0.39 is 24.0 Å². The molecule has 4 aliphatic rings. The van der Waals surface area contributed by atoms with E-state index in [4.69, 9.17) is 4.74 Å². The molecule has 176 valence electrons. The first-order valence-corrected chi connectivity index (χ1v) is 12.0. The first-order chi connectivity index (χ1) is 14.4. The smallest absolute Gasteiger partial charge is 0.333 e. The van der Waals surface area contributed by atoms with Gasteiger partial charge in [0.15, 0.2) is 0 Å². The monoisotopic (exact) mass is 436 g/mol. The zero-order chi connectivity index (χ0) is 22.8. The summed E-state index contributed by atoms with van der Waals surface area (Å²) in [7, 11) is 0. The van der Waals surface area contributed by atoms with Crippen LogP contribution in [0.2, 0.25) is 0 Å². The van der Waals surface area contributed by atoms with Crippen LogP contribution in [0.15, 0.2) is 11.6 Å². The second-order valence-corrected chi connectivity index (χ2v) is 12.0. The molecular weight excluding hydrogens is 396 g/mol. The van der Waals surface area contributed by atoms with E-state index in [2.05, 4.69) is 27.7 Å². The summed E-state index contributed by atoms with van der Waals surface area (Å²) in [5.41, 5.74) is -0.918. The Kier molecular flexibility index (Phi) is 5.65. The summed E-state index contributed by atoms with van der Waals surface area (Å²) in [5.74, 6) is 0.0142. The minimum absolute atomic E-state index is 0.148. The van der Waals surface area contributed by atoms with Gasteiger partial charge in [-0.2, -0.15) is 0 Å². The zero-order valence-electron chi connectivity index (χ0n) is 19.4. The molecule has 6 nitrogen and oxygen atoms in total. The van der Waals surface area contributed by atoms with Crippen LogP contribution in [0.3, 0.4) is 0 Å². The molecule has 0 unspecified atom stereocenters. The van der Waals surface area contributed by atoms with Crippen molar-refractivity contribution < 1.29 is 30.0 Å². The van der Waals surface area contributed by atoms with Crippen LogP contribution in [-0.2, 0) is 9.53 Å². The summed E-state index contributed by atoms with van der Waals surface area (Å²) in [4.78, 5) is 11.5. The van der Waals surface area contributed by atoms with Crippen molar-refractivity contribution in [2.75, 3.05) is 6.61 Å². The van der Waals surface area contributed by atoms with E-state index in [1.54, 1.807) is 0 Å². The highest BCUT2D eigenvalue weighted by Crippen LogP contribution is 2.70. The molecule has 0 aromatic carbocycles. The summed E-state index contributed by atoms with van der Waals surface area (Å²) in [6, 6.07) is 0. The molecule has 0 amide bonds. The third-order valence-corrected chi connectivity index (χ3v) is 10.1. The van der Waals surface area contributed by atoms with E-state index in [0.717, 1.165) is 25.3 Å². The third-order valence-electron chi connectivity index (χ3n) is 10.1. The number of carbonyl (C=O) groups excluding carboxylic acids is 1. The molecule has 0 radical (unpaired) electrons. The Labute approximate surface area is 185 Å². The average Bonchev–Trinajstić information content (AvgIpc) is 3.01. The van der Waals surface area contributed by atoms with Crippen molar-refractivity contribution in [1.29, 1.82) is 0 Å². The Hall–Kier alpha value is -0.950. The SMILES string of the molecule is CC1(C)CCC[C@]2(C)[C@@H]3CC[C@@](O)(CO)[C@H](C[C@@H](O)C4=CC(=O)O[C@H]4O)[C@]3(C)CC[C@H]12. The molecule has 0 aromatic rings. The van der Waals surface area contributed by atoms with Crippen LogP contribution in [0.1, 0.15) is 79.1 Å². The van der Waals surface area contributed by atoms with Crippen molar-refractivity contribution in [2.24, 2.45) is 34.0 Å². The van der Waals surface area contributed by atoms with Crippen LogP contribution in [0, 0.1) is 34.0 Å². The Morgan fingerprint density at radius 2 is 1.74 bits per heavy atom. The average molecular weight is 437 g/mol. The highest BCUT2D eigenvalue weighted by Gasteiger charge is 2.64. The number of carbonyl (C=O) groups is 1. The van der Waals surface area contributed by atoms with E-state index in [1.807, 2.05) is 0 Å². The molecule has 31 heavy (non-hydrogen) atoms. The minimum atomic E-state index is -1.44. The van der Waals surface area contributed by atoms with Gasteiger partial charge in [0, 0.05) is 11.6 Å². The van der Waals surface area contributed by atoms with Gasteiger partial charge in [-0.25, -0.2) is 4.79 Å². The highest BCUT2D eigenvalue weighted by atomic mass is 16.6. The lowest BCUT2D eigenvalue weighted by molar-refractivity contribution is -0.228. The molecule has 1 heterocycles. The van der Waals surface area contributed by atoms with E-state index in [0.29, 0.717) is 23.7 Å². The van der Waals surface area contributed by atoms with Gasteiger partial charge in [0.05, 0.1) is 18.3 Å². The Morgan fingerprint density at radius 3 is 2.35 bits per heavy atom. The van der Waals surface area contributed by atoms with E-state index in [-0.39, 0.29) is 35.3 Å². The number of fused-ring (bicyclic) bond motifs is 3. The minimum Gasteiger partial charge on any atom is -0.429 e. The van der Waals surface area contributed by atoms with Crippen LogP contribution in [0.25, 0.3) is 0 Å². The Bertz CT molecular complexity index is 761. The van der Waals surface area contributed by atoms with E-state index >= 15 is 0 Å². The molecular formula is C25H40O6. The number of hydrogen-bond acceptors (Lipinski definition) is 6. The molecule has 4 rings (SSSR count). The molecule has 8 atom stereocenters. The molecule has 0 aromatic heterocycles. The zero-order valence-corrected chi connectivity index (χ0v) is 19.4. The molecule has 3 aliphatic carbocycles. The summed E-state index contributed by atoms with van der Waals surface area (Å²) in [6.45, 7) is 9.12. The normalized spacial score (nSPS) is 47.7. The molecule has 3 fully saturated rings. The highest BCUT2D eigenvalue weighted by molar-refractivity contribution is 5.85. The number of ether oxygens (including phenoxy) is 1. The summed E-state index contributed by atoms with van der Waals surface area (Å²) in [6.07, 6.45) is 5.83. The fourth-order valence-corrected chi connectivity index (χ4v) is 8.66. The lowest BCUT2D eigenvalue weighted by Crippen LogP contribution is -2.64. The fourth-order valence-electron chi connectivity index (χ4n) is 8.66. The number of rotatable bonds is 4. The van der Waals surface area contributed by atoms with Crippen LogP contribution < -0.4 is 0 Å². The number of cyclic esters (lactones) is 1. The van der Waals surface area contributed by atoms with Gasteiger partial charge in [0.2, 0.25) is 6.29 Å². The van der Waals surface area contributed by atoms with Crippen LogP contribution in [0.4, 0.5) is 0 Å². The quantitative estimate of drug-likeness (QED) is 0.505. The standard InChI is InChI=1S/C25H40O6/c1-22(2)8-5-9-23(3)17(22)6-10-24(4)18(23)7-11-25(30,14-26)19(24)13-16(27)15-12-20(28)31-21(15)29/h12,16-19,21,26-27,29-30H,5-11,13-14H2,1-4H3/t16-,17-,18+,19-,21-,23+,24-,25-/m1/s1. The van der Waals surface area contributed by atoms with Crippen LogP contribution in [-0.4, -0.2) is 51.0 Å². The fraction of sp³-hybridized carbons (Fsp3) is 0.880. The second-order valence-electron chi connectivity index (χ2n) is 12.0. The number of aliphatic hydroxyl groups is 4. The number of esters is 1. The van der Waals surface area contributed by atoms with Crippen LogP contribution >= 0.6 is 0 Å². The summed E-state index contributed by atoms with van der Waals surface area (Å²) in [5, 5.41) is 42.7. The molecule has 4 N–H and O–H groups in total. The topological polar surface area (TPSA) is 107 Å². The molecule has 1 aliphatic heterocycles. The van der Waals surface area contributed by atoms with Crippen molar-refractivity contribution in [3.63, 3.8) is 0 Å². The largest absolute Gasteiger partial charge is 0.429 e. The Morgan fingerprint density at radius 1 is 1.06 bits per heavy atom. The van der Waals surface area contributed by atoms with E-state index in [1.165, 1.54) is 19.3 Å². The van der Waals surface area contributed by atoms with Gasteiger partial charge < -0.3 is 25.2 Å². The van der Waals surface area contributed by atoms with Crippen molar-refractivity contribution in [1.82, 2.24) is 0 Å². The predicted molar refractivity (Wildman–Crippen MR) is 116 cm³/mol. The van der Waals surface area contributed by atoms with Gasteiger partial charge in [0.25, 0.3) is 0 Å². The first-order valence-electron chi connectivity index (χ1n) is 12.0. The van der Waals surface area contributed by atoms with E-state index in [9.17, 15) is 25.2 Å². The maximum absolute atomic E-state index is 11.5. The van der Waals surface area contributed by atoms with Crippen molar-refractivity contribution in [3.8, 4) is 0 Å². The summed E-state index contributed by atoms with van der Waals surface area (Å²) >= 11 is 0. The molecule has 3 saturated carbocycles. The second kappa shape index (κ2) is 7.54. The third kappa shape index (κ3) is 3.49. The van der Waals surface area contributed by atoms with Gasteiger partial charge in [-0.15, -0.1) is 0 Å². The first kappa shape index (κ1) is 23.2. The van der Waals surface area contributed by atoms with Crippen molar-refractivity contribution >= 4 is 5.97 Å². The lowest BCUT2D eigenvalue weighted by atomic mass is 9.38. The predicted octanol–water partition coefficient (Wildman–Crippen LogP) is 2.92. The van der Waals surface area contributed by atoms with Crippen molar-refractivity contribution in [3.05, 3.63) is 11.6 Å². The van der Waals surface area contributed by atoms with Gasteiger partial charge in [0.1, 0.15) is 0 Å². The Balaban J connectivity index is 1.68. The van der Waals surface area contributed by atoms with Gasteiger partial charge in [-0.3, -0.25) is 0 Å². The number of aliphatic hydroxyl groups excluding tert-OH is 3. The van der Waals surface area contributed by atoms with Gasteiger partial charge in [-0.05, 0) is 78.9 Å². The number of hydrogen-bond donors (Lipinski definition) is 4.